The molecule has 0 fully saturated rings. The Morgan fingerprint density at radius 3 is 2.56 bits per heavy atom. The second kappa shape index (κ2) is 5.13. The Morgan fingerprint density at radius 1 is 1.28 bits per heavy atom. The minimum absolute atomic E-state index is 0.389. The van der Waals surface area contributed by atoms with Gasteiger partial charge in [0.25, 0.3) is 5.91 Å². The van der Waals surface area contributed by atoms with Crippen molar-refractivity contribution in [2.75, 3.05) is 6.54 Å². The number of nitrogens with one attached hydrogen (secondary N) is 1. The fraction of sp³-hybridized carbons (Fsp3) is 0.0833. The lowest BCUT2D eigenvalue weighted by Crippen LogP contribution is -2.29. The lowest BCUT2D eigenvalue weighted by molar-refractivity contribution is -0.135. The number of nitrogens with zero attached hydrogens (tertiary/aromatic N) is 2. The number of aliphatic carboxylic acids is 1. The zero-order valence-electron chi connectivity index (χ0n) is 9.41. The minimum Gasteiger partial charge on any atom is -0.480 e. The average Bonchev–Trinajstić information content (AvgIpc) is 2.90. The van der Waals surface area contributed by atoms with Gasteiger partial charge in [0, 0.05) is 18.0 Å². The number of carboxylic acids is 1. The lowest BCUT2D eigenvalue weighted by Gasteiger charge is -2.04. The second-order valence-corrected chi connectivity index (χ2v) is 3.57. The summed E-state index contributed by atoms with van der Waals surface area (Å²) in [5.74, 6) is -1.49. The molecule has 1 aromatic heterocycles. The lowest BCUT2D eigenvalue weighted by atomic mass is 10.2. The van der Waals surface area contributed by atoms with Crippen LogP contribution in [0.5, 0.6) is 0 Å². The van der Waals surface area contributed by atoms with Gasteiger partial charge in [0.2, 0.25) is 0 Å². The van der Waals surface area contributed by atoms with Crippen LogP contribution in [-0.4, -0.2) is 33.3 Å². The third-order valence-electron chi connectivity index (χ3n) is 2.30. The van der Waals surface area contributed by atoms with E-state index in [1.54, 1.807) is 47.4 Å². The van der Waals surface area contributed by atoms with Crippen molar-refractivity contribution in [3.63, 3.8) is 0 Å². The fourth-order valence-electron chi connectivity index (χ4n) is 1.45. The summed E-state index contributed by atoms with van der Waals surface area (Å²) in [4.78, 5) is 21.9. The summed E-state index contributed by atoms with van der Waals surface area (Å²) < 4.78 is 1.67. The number of carbonyl (C=O) groups is 2. The molecule has 0 saturated heterocycles. The average molecular weight is 245 g/mol. The molecule has 0 bridgehead atoms. The highest BCUT2D eigenvalue weighted by molar-refractivity contribution is 5.95. The molecule has 0 aliphatic carbocycles. The van der Waals surface area contributed by atoms with Gasteiger partial charge in [-0.2, -0.15) is 5.10 Å². The van der Waals surface area contributed by atoms with Crippen molar-refractivity contribution >= 4 is 11.9 Å². The van der Waals surface area contributed by atoms with E-state index in [2.05, 4.69) is 10.4 Å². The molecule has 0 spiro atoms. The molecule has 0 aliphatic rings. The number of rotatable bonds is 4. The van der Waals surface area contributed by atoms with E-state index >= 15 is 0 Å². The maximum Gasteiger partial charge on any atom is 0.322 e. The third kappa shape index (κ3) is 2.73. The molecule has 0 aliphatic heterocycles. The van der Waals surface area contributed by atoms with Crippen LogP contribution in [0.25, 0.3) is 5.69 Å². The molecule has 0 atom stereocenters. The molecular formula is C12H11N3O3. The predicted molar refractivity (Wildman–Crippen MR) is 63.5 cm³/mol. The van der Waals surface area contributed by atoms with Crippen molar-refractivity contribution in [1.29, 1.82) is 0 Å². The summed E-state index contributed by atoms with van der Waals surface area (Å²) in [5.41, 5.74) is 1.24. The van der Waals surface area contributed by atoms with Crippen molar-refractivity contribution in [3.8, 4) is 5.69 Å². The van der Waals surface area contributed by atoms with Crippen molar-refractivity contribution < 1.29 is 14.7 Å². The van der Waals surface area contributed by atoms with E-state index in [-0.39, 0.29) is 6.54 Å². The Labute approximate surface area is 103 Å². The quantitative estimate of drug-likeness (QED) is 0.829. The van der Waals surface area contributed by atoms with Crippen LogP contribution in [0.2, 0.25) is 0 Å². The summed E-state index contributed by atoms with van der Waals surface area (Å²) >= 11 is 0. The Balaban J connectivity index is 2.08. The SMILES string of the molecule is O=C(O)CNC(=O)c1ccc(-n2cccn2)cc1. The molecule has 2 rings (SSSR count). The first-order valence-electron chi connectivity index (χ1n) is 5.27. The minimum atomic E-state index is -1.07. The normalized spacial score (nSPS) is 10.0. The van der Waals surface area contributed by atoms with Gasteiger partial charge < -0.3 is 10.4 Å². The molecule has 2 aromatic rings. The summed E-state index contributed by atoms with van der Waals surface area (Å²) in [6.07, 6.45) is 3.45. The third-order valence-corrected chi connectivity index (χ3v) is 2.30. The Hall–Kier alpha value is -2.63. The number of hydrogen-bond donors (Lipinski definition) is 2. The first-order valence-corrected chi connectivity index (χ1v) is 5.27. The van der Waals surface area contributed by atoms with Gasteiger partial charge in [-0.3, -0.25) is 9.59 Å². The largest absolute Gasteiger partial charge is 0.480 e. The van der Waals surface area contributed by atoms with Gasteiger partial charge >= 0.3 is 5.97 Å². The van der Waals surface area contributed by atoms with Crippen LogP contribution >= 0.6 is 0 Å². The van der Waals surface area contributed by atoms with Gasteiger partial charge in [-0.1, -0.05) is 0 Å². The molecule has 1 aromatic carbocycles. The molecular weight excluding hydrogens is 234 g/mol. The van der Waals surface area contributed by atoms with Gasteiger partial charge in [-0.25, -0.2) is 4.68 Å². The van der Waals surface area contributed by atoms with Gasteiger partial charge in [0.05, 0.1) is 5.69 Å². The first-order chi connectivity index (χ1) is 8.66. The zero-order valence-corrected chi connectivity index (χ0v) is 9.41. The molecule has 6 nitrogen and oxygen atoms in total. The van der Waals surface area contributed by atoms with E-state index in [4.69, 9.17) is 5.11 Å². The Morgan fingerprint density at radius 2 is 2.00 bits per heavy atom. The fourth-order valence-corrected chi connectivity index (χ4v) is 1.45. The highest BCUT2D eigenvalue weighted by Crippen LogP contribution is 2.08. The number of amides is 1. The molecule has 1 amide bonds. The summed E-state index contributed by atoms with van der Waals surface area (Å²) in [6.45, 7) is -0.389. The predicted octanol–water partition coefficient (Wildman–Crippen LogP) is 0.687. The van der Waals surface area contributed by atoms with E-state index in [9.17, 15) is 9.59 Å². The van der Waals surface area contributed by atoms with Crippen LogP contribution in [0.3, 0.4) is 0 Å². The van der Waals surface area contributed by atoms with E-state index in [0.717, 1.165) is 5.69 Å². The Bertz CT molecular complexity index is 546. The molecule has 1 heterocycles. The van der Waals surface area contributed by atoms with Crippen molar-refractivity contribution in [1.82, 2.24) is 15.1 Å². The summed E-state index contributed by atoms with van der Waals surface area (Å²) in [6, 6.07) is 8.52. The molecule has 0 radical (unpaired) electrons. The van der Waals surface area contributed by atoms with E-state index in [1.165, 1.54) is 0 Å². The number of carbonyl (C=O) groups excluding carboxylic acids is 1. The van der Waals surface area contributed by atoms with Crippen LogP contribution in [0.15, 0.2) is 42.7 Å². The first kappa shape index (κ1) is 11.8. The van der Waals surface area contributed by atoms with E-state index in [0.29, 0.717) is 5.56 Å². The van der Waals surface area contributed by atoms with Crippen molar-refractivity contribution in [3.05, 3.63) is 48.3 Å². The van der Waals surface area contributed by atoms with Crippen molar-refractivity contribution in [2.24, 2.45) is 0 Å². The van der Waals surface area contributed by atoms with E-state index in [1.807, 2.05) is 0 Å². The standard InChI is InChI=1S/C12H11N3O3/c16-11(17)8-13-12(18)9-2-4-10(5-3-9)15-7-1-6-14-15/h1-7H,8H2,(H,13,18)(H,16,17). The second-order valence-electron chi connectivity index (χ2n) is 3.57. The number of benzene rings is 1. The highest BCUT2D eigenvalue weighted by atomic mass is 16.4. The van der Waals surface area contributed by atoms with Crippen LogP contribution in [0, 0.1) is 0 Å². The summed E-state index contributed by atoms with van der Waals surface area (Å²) in [7, 11) is 0. The van der Waals surface area contributed by atoms with Gasteiger partial charge in [0.15, 0.2) is 0 Å². The number of aromatic nitrogens is 2. The van der Waals surface area contributed by atoms with Crippen molar-refractivity contribution in [2.45, 2.75) is 0 Å². The van der Waals surface area contributed by atoms with Gasteiger partial charge in [-0.05, 0) is 30.3 Å². The summed E-state index contributed by atoms with van der Waals surface area (Å²) in [5, 5.41) is 14.8. The number of carboxylic acid groups (broad SMARTS) is 1. The molecule has 2 N–H and O–H groups in total. The molecule has 18 heavy (non-hydrogen) atoms. The maximum absolute atomic E-state index is 11.6. The smallest absolute Gasteiger partial charge is 0.322 e. The monoisotopic (exact) mass is 245 g/mol. The van der Waals surface area contributed by atoms with E-state index < -0.39 is 11.9 Å². The van der Waals surface area contributed by atoms with Gasteiger partial charge in [-0.15, -0.1) is 0 Å². The molecule has 6 heteroatoms. The highest BCUT2D eigenvalue weighted by Gasteiger charge is 2.07. The molecule has 92 valence electrons. The van der Waals surface area contributed by atoms with Gasteiger partial charge in [0.1, 0.15) is 6.54 Å². The van der Waals surface area contributed by atoms with Crippen LogP contribution in [0.4, 0.5) is 0 Å². The maximum atomic E-state index is 11.6. The van der Waals surface area contributed by atoms with Crippen LogP contribution in [0.1, 0.15) is 10.4 Å². The topological polar surface area (TPSA) is 84.2 Å². The van der Waals surface area contributed by atoms with Crippen LogP contribution in [-0.2, 0) is 4.79 Å². The molecule has 0 unspecified atom stereocenters. The number of hydrogen-bond acceptors (Lipinski definition) is 3. The zero-order chi connectivity index (χ0) is 13.0. The molecule has 0 saturated carbocycles. The Kier molecular flexibility index (Phi) is 3.38. The van der Waals surface area contributed by atoms with Crippen LogP contribution < -0.4 is 5.32 Å².